The van der Waals surface area contributed by atoms with E-state index < -0.39 is 27.0 Å². The zero-order chi connectivity index (χ0) is 25.9. The predicted molar refractivity (Wildman–Crippen MR) is 135 cm³/mol. The number of hydrogen-bond donors (Lipinski definition) is 0. The Labute approximate surface area is 217 Å². The summed E-state index contributed by atoms with van der Waals surface area (Å²) < 4.78 is 40.5. The van der Waals surface area contributed by atoms with E-state index in [0.717, 1.165) is 15.4 Å². The summed E-state index contributed by atoms with van der Waals surface area (Å²) in [5, 5.41) is 10.9. The standard InChI is InChI=1S/C25H23BrN2O7S/c1-2-34-23-12-9-20(26)14-24(23)36(32,33)27-15-19-6-4-3-5-18(19)13-22(27)25(29)35-16-17-7-10-21(11-8-17)28(30)31/h3-12,14,22H,2,13,15-16H2,1H3. The van der Waals surface area contributed by atoms with Crippen molar-refractivity contribution in [3.8, 4) is 5.75 Å². The van der Waals surface area contributed by atoms with Gasteiger partial charge in [-0.25, -0.2) is 8.42 Å². The number of esters is 1. The number of nitrogens with zero attached hydrogens (tertiary/aromatic N) is 2. The van der Waals surface area contributed by atoms with E-state index in [1.165, 1.54) is 30.3 Å². The van der Waals surface area contributed by atoms with Crippen LogP contribution < -0.4 is 4.74 Å². The Morgan fingerprint density at radius 1 is 1.11 bits per heavy atom. The van der Waals surface area contributed by atoms with Crippen molar-refractivity contribution in [2.24, 2.45) is 0 Å². The summed E-state index contributed by atoms with van der Waals surface area (Å²) in [6, 6.07) is 16.6. The molecule has 4 rings (SSSR count). The minimum Gasteiger partial charge on any atom is -0.492 e. The number of carbonyl (C=O) groups is 1. The molecular formula is C25H23BrN2O7S. The number of hydrogen-bond acceptors (Lipinski definition) is 7. The zero-order valence-corrected chi connectivity index (χ0v) is 21.7. The van der Waals surface area contributed by atoms with Crippen LogP contribution in [-0.2, 0) is 39.1 Å². The SMILES string of the molecule is CCOc1ccc(Br)cc1S(=O)(=O)N1Cc2ccccc2CC1C(=O)OCc1ccc([N+](=O)[O-])cc1. The second-order valence-corrected chi connectivity index (χ2v) is 10.9. The maximum atomic E-state index is 13.9. The van der Waals surface area contributed by atoms with Crippen LogP contribution in [-0.4, -0.2) is 36.3 Å². The van der Waals surface area contributed by atoms with Crippen molar-refractivity contribution in [2.75, 3.05) is 6.61 Å². The summed E-state index contributed by atoms with van der Waals surface area (Å²) in [6.07, 6.45) is 0.145. The molecule has 3 aromatic carbocycles. The molecule has 0 N–H and O–H groups in total. The summed E-state index contributed by atoms with van der Waals surface area (Å²) in [5.74, 6) is -0.517. The molecule has 1 aliphatic heterocycles. The topological polar surface area (TPSA) is 116 Å². The second kappa shape index (κ2) is 10.8. The first-order valence-corrected chi connectivity index (χ1v) is 13.3. The van der Waals surface area contributed by atoms with Crippen LogP contribution in [0.3, 0.4) is 0 Å². The first-order chi connectivity index (χ1) is 17.2. The van der Waals surface area contributed by atoms with Gasteiger partial charge in [0.25, 0.3) is 5.69 Å². The van der Waals surface area contributed by atoms with Crippen LogP contribution in [0.25, 0.3) is 0 Å². The van der Waals surface area contributed by atoms with E-state index in [4.69, 9.17) is 9.47 Å². The van der Waals surface area contributed by atoms with E-state index >= 15 is 0 Å². The lowest BCUT2D eigenvalue weighted by Gasteiger charge is -2.34. The number of carbonyl (C=O) groups excluding carboxylic acids is 1. The van der Waals surface area contributed by atoms with Gasteiger partial charge in [0.15, 0.2) is 0 Å². The van der Waals surface area contributed by atoms with Gasteiger partial charge in [-0.1, -0.05) is 40.2 Å². The van der Waals surface area contributed by atoms with E-state index in [2.05, 4.69) is 15.9 Å². The highest BCUT2D eigenvalue weighted by Crippen LogP contribution is 2.35. The molecule has 1 unspecified atom stereocenters. The Morgan fingerprint density at radius 2 is 1.81 bits per heavy atom. The van der Waals surface area contributed by atoms with Crippen LogP contribution in [0.1, 0.15) is 23.6 Å². The van der Waals surface area contributed by atoms with Crippen molar-refractivity contribution >= 4 is 37.6 Å². The number of halogens is 1. The van der Waals surface area contributed by atoms with Crippen LogP contribution in [0.4, 0.5) is 5.69 Å². The molecule has 0 saturated carbocycles. The number of sulfonamides is 1. The van der Waals surface area contributed by atoms with Crippen LogP contribution in [0.15, 0.2) is 76.1 Å². The van der Waals surface area contributed by atoms with Gasteiger partial charge in [0.2, 0.25) is 10.0 Å². The Morgan fingerprint density at radius 3 is 2.47 bits per heavy atom. The van der Waals surface area contributed by atoms with Gasteiger partial charge in [-0.15, -0.1) is 0 Å². The highest BCUT2D eigenvalue weighted by Gasteiger charge is 2.41. The molecule has 0 spiro atoms. The van der Waals surface area contributed by atoms with E-state index in [1.807, 2.05) is 24.3 Å². The molecule has 0 amide bonds. The second-order valence-electron chi connectivity index (χ2n) is 8.09. The van der Waals surface area contributed by atoms with Crippen molar-refractivity contribution in [3.63, 3.8) is 0 Å². The van der Waals surface area contributed by atoms with Gasteiger partial charge in [0.1, 0.15) is 23.3 Å². The molecule has 9 nitrogen and oxygen atoms in total. The van der Waals surface area contributed by atoms with Crippen LogP contribution in [0.5, 0.6) is 5.75 Å². The predicted octanol–water partition coefficient (Wildman–Crippen LogP) is 4.62. The largest absolute Gasteiger partial charge is 0.492 e. The van der Waals surface area contributed by atoms with Crippen molar-refractivity contribution in [3.05, 3.63) is 98.0 Å². The van der Waals surface area contributed by atoms with Crippen molar-refractivity contribution in [2.45, 2.75) is 37.4 Å². The number of nitro groups is 1. The maximum absolute atomic E-state index is 13.9. The highest BCUT2D eigenvalue weighted by molar-refractivity contribution is 9.10. The van der Waals surface area contributed by atoms with Crippen molar-refractivity contribution in [1.29, 1.82) is 0 Å². The lowest BCUT2D eigenvalue weighted by molar-refractivity contribution is -0.384. The number of ether oxygens (including phenoxy) is 2. The Bertz CT molecular complexity index is 1390. The fourth-order valence-corrected chi connectivity index (χ4v) is 6.23. The molecule has 36 heavy (non-hydrogen) atoms. The van der Waals surface area contributed by atoms with Crippen molar-refractivity contribution in [1.82, 2.24) is 4.31 Å². The van der Waals surface area contributed by atoms with Gasteiger partial charge in [-0.2, -0.15) is 4.31 Å². The fourth-order valence-electron chi connectivity index (χ4n) is 4.00. The lowest BCUT2D eigenvalue weighted by Crippen LogP contribution is -2.49. The smallest absolute Gasteiger partial charge is 0.325 e. The summed E-state index contributed by atoms with van der Waals surface area (Å²) in [6.45, 7) is 1.87. The van der Waals surface area contributed by atoms with Crippen LogP contribution in [0, 0.1) is 10.1 Å². The number of rotatable bonds is 8. The summed E-state index contributed by atoms with van der Waals surface area (Å²) in [7, 11) is -4.17. The van der Waals surface area contributed by atoms with Crippen molar-refractivity contribution < 1.29 is 27.6 Å². The minimum absolute atomic E-state index is 0.00607. The zero-order valence-electron chi connectivity index (χ0n) is 19.3. The molecule has 0 aliphatic carbocycles. The van der Waals surface area contributed by atoms with Gasteiger partial charge in [0.05, 0.1) is 11.5 Å². The first-order valence-electron chi connectivity index (χ1n) is 11.1. The average molecular weight is 575 g/mol. The molecule has 3 aromatic rings. The molecular weight excluding hydrogens is 552 g/mol. The van der Waals surface area contributed by atoms with Crippen LogP contribution in [0.2, 0.25) is 0 Å². The molecule has 0 saturated heterocycles. The molecule has 0 aromatic heterocycles. The summed E-state index contributed by atoms with van der Waals surface area (Å²) in [4.78, 5) is 23.5. The van der Waals surface area contributed by atoms with E-state index in [-0.39, 0.29) is 42.5 Å². The Hall–Kier alpha value is -3.28. The number of nitro benzene ring substituents is 1. The lowest BCUT2D eigenvalue weighted by atomic mass is 9.96. The molecule has 1 heterocycles. The van der Waals surface area contributed by atoms with Gasteiger partial charge >= 0.3 is 5.97 Å². The van der Waals surface area contributed by atoms with E-state index in [0.29, 0.717) is 10.0 Å². The monoisotopic (exact) mass is 574 g/mol. The third-order valence-corrected chi connectivity index (χ3v) is 8.17. The van der Waals surface area contributed by atoms with E-state index in [9.17, 15) is 23.3 Å². The van der Waals surface area contributed by atoms with E-state index in [1.54, 1.807) is 19.1 Å². The van der Waals surface area contributed by atoms with Crippen LogP contribution >= 0.6 is 15.9 Å². The minimum atomic E-state index is -4.17. The third-order valence-electron chi connectivity index (χ3n) is 5.80. The average Bonchev–Trinajstić information content (AvgIpc) is 2.87. The Balaban J connectivity index is 1.65. The van der Waals surface area contributed by atoms with Gasteiger partial charge in [0, 0.05) is 29.6 Å². The molecule has 0 radical (unpaired) electrons. The molecule has 0 bridgehead atoms. The van der Waals surface area contributed by atoms with Gasteiger partial charge in [-0.05, 0) is 53.9 Å². The molecule has 0 fully saturated rings. The highest BCUT2D eigenvalue weighted by atomic mass is 79.9. The maximum Gasteiger partial charge on any atom is 0.325 e. The molecule has 11 heteroatoms. The number of fused-ring (bicyclic) bond motifs is 1. The van der Waals surface area contributed by atoms with Gasteiger partial charge in [-0.3, -0.25) is 14.9 Å². The van der Waals surface area contributed by atoms with Gasteiger partial charge < -0.3 is 9.47 Å². The number of benzene rings is 3. The first kappa shape index (κ1) is 25.8. The Kier molecular flexibility index (Phi) is 7.72. The normalized spacial score (nSPS) is 15.7. The third kappa shape index (κ3) is 5.43. The quantitative estimate of drug-likeness (QED) is 0.219. The fraction of sp³-hybridized carbons (Fsp3) is 0.240. The summed E-state index contributed by atoms with van der Waals surface area (Å²) >= 11 is 3.33. The molecule has 1 atom stereocenters. The molecule has 188 valence electrons. The molecule has 1 aliphatic rings. The summed E-state index contributed by atoms with van der Waals surface area (Å²) in [5.41, 5.74) is 2.13. The number of non-ortho nitro benzene ring substituents is 1.